The average Bonchev–Trinajstić information content (AvgIpc) is 2.65. The van der Waals surface area contributed by atoms with Crippen molar-refractivity contribution in [3.8, 4) is 5.75 Å². The third kappa shape index (κ3) is 6.62. The Morgan fingerprint density at radius 1 is 1.11 bits per heavy atom. The quantitative estimate of drug-likeness (QED) is 0.516. The van der Waals surface area contributed by atoms with Crippen LogP contribution in [0.1, 0.15) is 18.1 Å². The van der Waals surface area contributed by atoms with Crippen molar-refractivity contribution in [2.75, 3.05) is 26.0 Å². The minimum Gasteiger partial charge on any atom is -0.495 e. The number of nitrogens with one attached hydrogen (secondary N) is 3. The molecule has 0 heterocycles. The number of guanidine groups is 1. The van der Waals surface area contributed by atoms with Crippen LogP contribution in [0.25, 0.3) is 0 Å². The Kier molecular flexibility index (Phi) is 7.61. The summed E-state index contributed by atoms with van der Waals surface area (Å²) in [5.74, 6) is 0.878. The Morgan fingerprint density at radius 3 is 2.44 bits per heavy atom. The Bertz CT molecular complexity index is 791. The number of carbonyl (C=O) groups excluding carboxylic acids is 1. The van der Waals surface area contributed by atoms with Crippen LogP contribution in [0.15, 0.2) is 47.5 Å². The number of benzene rings is 2. The molecule has 3 N–H and O–H groups in total. The van der Waals surface area contributed by atoms with Gasteiger partial charge in [0, 0.05) is 27.1 Å². The molecule has 0 spiro atoms. The summed E-state index contributed by atoms with van der Waals surface area (Å²) in [4.78, 5) is 15.5. The minimum atomic E-state index is -0.234. The fourth-order valence-electron chi connectivity index (χ4n) is 2.54. The maximum Gasteiger partial charge on any atom is 0.221 e. The summed E-state index contributed by atoms with van der Waals surface area (Å²) in [5, 5.41) is 9.21. The first-order valence-corrected chi connectivity index (χ1v) is 8.65. The minimum absolute atomic E-state index is 0.156. The molecule has 0 radical (unpaired) electrons. The molecule has 0 bridgehead atoms. The lowest BCUT2D eigenvalue weighted by Gasteiger charge is -2.14. The zero-order valence-corrected chi connectivity index (χ0v) is 15.8. The summed E-state index contributed by atoms with van der Waals surface area (Å²) in [6.45, 7) is 2.66. The maximum absolute atomic E-state index is 12.9. The zero-order chi connectivity index (χ0) is 19.6. The van der Waals surface area contributed by atoms with E-state index in [9.17, 15) is 9.18 Å². The van der Waals surface area contributed by atoms with Crippen LogP contribution in [-0.2, 0) is 17.8 Å². The number of amides is 1. The van der Waals surface area contributed by atoms with E-state index in [0.717, 1.165) is 17.5 Å². The predicted molar refractivity (Wildman–Crippen MR) is 106 cm³/mol. The molecule has 144 valence electrons. The number of rotatable bonds is 7. The van der Waals surface area contributed by atoms with Crippen LogP contribution in [0, 0.1) is 5.82 Å². The van der Waals surface area contributed by atoms with Gasteiger partial charge in [0.05, 0.1) is 12.8 Å². The van der Waals surface area contributed by atoms with E-state index in [4.69, 9.17) is 4.74 Å². The van der Waals surface area contributed by atoms with Gasteiger partial charge in [0.1, 0.15) is 11.6 Å². The van der Waals surface area contributed by atoms with Crippen molar-refractivity contribution in [1.82, 2.24) is 10.6 Å². The second-order valence-electron chi connectivity index (χ2n) is 5.94. The maximum atomic E-state index is 12.9. The van der Waals surface area contributed by atoms with Crippen molar-refractivity contribution in [3.05, 3.63) is 59.4 Å². The predicted octanol–water partition coefficient (Wildman–Crippen LogP) is 2.70. The van der Waals surface area contributed by atoms with Gasteiger partial charge in [0.2, 0.25) is 5.91 Å². The molecule has 7 heteroatoms. The summed E-state index contributed by atoms with van der Waals surface area (Å²) in [6.07, 6.45) is 0.760. The zero-order valence-electron chi connectivity index (χ0n) is 15.8. The van der Waals surface area contributed by atoms with Crippen molar-refractivity contribution >= 4 is 17.6 Å². The van der Waals surface area contributed by atoms with E-state index in [1.807, 2.05) is 18.2 Å². The molecule has 0 saturated heterocycles. The Balaban J connectivity index is 1.87. The second-order valence-corrected chi connectivity index (χ2v) is 5.94. The molecule has 27 heavy (non-hydrogen) atoms. The first-order valence-electron chi connectivity index (χ1n) is 8.65. The van der Waals surface area contributed by atoms with Crippen LogP contribution >= 0.6 is 0 Å². The molecule has 0 fully saturated rings. The SMILES string of the molecule is CN=C(NCCc1ccc(F)cc1)NCc1ccc(OC)c(NC(C)=O)c1. The van der Waals surface area contributed by atoms with Gasteiger partial charge in [-0.25, -0.2) is 4.39 Å². The monoisotopic (exact) mass is 372 g/mol. The van der Waals surface area contributed by atoms with E-state index in [1.165, 1.54) is 19.1 Å². The van der Waals surface area contributed by atoms with Gasteiger partial charge < -0.3 is 20.7 Å². The van der Waals surface area contributed by atoms with Crippen LogP contribution in [0.3, 0.4) is 0 Å². The average molecular weight is 372 g/mol. The van der Waals surface area contributed by atoms with Crippen LogP contribution in [0.5, 0.6) is 5.75 Å². The highest BCUT2D eigenvalue weighted by molar-refractivity contribution is 5.90. The summed E-state index contributed by atoms with van der Waals surface area (Å²) in [6, 6.07) is 12.1. The van der Waals surface area contributed by atoms with Gasteiger partial charge in [0.15, 0.2) is 5.96 Å². The van der Waals surface area contributed by atoms with E-state index >= 15 is 0 Å². The molecule has 0 atom stereocenters. The topological polar surface area (TPSA) is 74.8 Å². The van der Waals surface area contributed by atoms with Crippen LogP contribution in [-0.4, -0.2) is 32.6 Å². The van der Waals surface area contributed by atoms with Crippen LogP contribution in [0.4, 0.5) is 10.1 Å². The van der Waals surface area contributed by atoms with Gasteiger partial charge in [-0.3, -0.25) is 9.79 Å². The first-order chi connectivity index (χ1) is 13.0. The van der Waals surface area contributed by atoms with Crippen molar-refractivity contribution in [1.29, 1.82) is 0 Å². The summed E-state index contributed by atoms with van der Waals surface area (Å²) in [5.41, 5.74) is 2.65. The molecule has 0 aliphatic rings. The van der Waals surface area contributed by atoms with Gasteiger partial charge in [-0.05, 0) is 41.8 Å². The standard InChI is InChI=1S/C20H25FN4O2/c1-14(26)25-18-12-16(6-9-19(18)27-3)13-24-20(22-2)23-11-10-15-4-7-17(21)8-5-15/h4-9,12H,10-11,13H2,1-3H3,(H,25,26)(H2,22,23,24). The number of hydrogen-bond acceptors (Lipinski definition) is 3. The van der Waals surface area contributed by atoms with Crippen molar-refractivity contribution < 1.29 is 13.9 Å². The van der Waals surface area contributed by atoms with Gasteiger partial charge >= 0.3 is 0 Å². The van der Waals surface area contributed by atoms with Gasteiger partial charge in [-0.2, -0.15) is 0 Å². The van der Waals surface area contributed by atoms with Crippen LogP contribution < -0.4 is 20.7 Å². The normalized spacial score (nSPS) is 11.0. The largest absolute Gasteiger partial charge is 0.495 e. The molecule has 2 rings (SSSR count). The summed E-state index contributed by atoms with van der Waals surface area (Å²) in [7, 11) is 3.26. The van der Waals surface area contributed by atoms with Gasteiger partial charge in [0.25, 0.3) is 0 Å². The molecule has 0 unspecified atom stereocenters. The van der Waals surface area contributed by atoms with Crippen molar-refractivity contribution in [2.24, 2.45) is 4.99 Å². The first kappa shape index (κ1) is 20.2. The number of halogens is 1. The van der Waals surface area contributed by atoms with Gasteiger partial charge in [-0.15, -0.1) is 0 Å². The van der Waals surface area contributed by atoms with Gasteiger partial charge in [-0.1, -0.05) is 18.2 Å². The van der Waals surface area contributed by atoms with E-state index in [0.29, 0.717) is 30.5 Å². The molecule has 2 aromatic rings. The van der Waals surface area contributed by atoms with E-state index < -0.39 is 0 Å². The lowest BCUT2D eigenvalue weighted by molar-refractivity contribution is -0.114. The highest BCUT2D eigenvalue weighted by atomic mass is 19.1. The number of carbonyl (C=O) groups is 1. The van der Waals surface area contributed by atoms with Crippen molar-refractivity contribution in [2.45, 2.75) is 19.9 Å². The summed E-state index contributed by atoms with van der Waals surface area (Å²) < 4.78 is 18.2. The fourth-order valence-corrected chi connectivity index (χ4v) is 2.54. The lowest BCUT2D eigenvalue weighted by Crippen LogP contribution is -2.37. The fraction of sp³-hybridized carbons (Fsp3) is 0.300. The molecule has 0 saturated carbocycles. The Labute approximate surface area is 158 Å². The molecule has 6 nitrogen and oxygen atoms in total. The van der Waals surface area contributed by atoms with E-state index in [-0.39, 0.29) is 11.7 Å². The molecular formula is C20H25FN4O2. The molecule has 1 amide bonds. The molecule has 0 aliphatic carbocycles. The van der Waals surface area contributed by atoms with Crippen molar-refractivity contribution in [3.63, 3.8) is 0 Å². The smallest absolute Gasteiger partial charge is 0.221 e. The third-order valence-electron chi connectivity index (χ3n) is 3.88. The number of ether oxygens (including phenoxy) is 1. The molecule has 0 aromatic heterocycles. The highest BCUT2D eigenvalue weighted by Gasteiger charge is 2.07. The third-order valence-corrected chi connectivity index (χ3v) is 3.88. The molecule has 0 aliphatic heterocycles. The highest BCUT2D eigenvalue weighted by Crippen LogP contribution is 2.25. The van der Waals surface area contributed by atoms with Crippen LogP contribution in [0.2, 0.25) is 0 Å². The lowest BCUT2D eigenvalue weighted by atomic mass is 10.1. The molecular weight excluding hydrogens is 347 g/mol. The molecule has 2 aromatic carbocycles. The second kappa shape index (κ2) is 10.2. The Morgan fingerprint density at radius 2 is 1.81 bits per heavy atom. The number of methoxy groups -OCH3 is 1. The van der Waals surface area contributed by atoms with E-state index in [1.54, 1.807) is 26.3 Å². The number of anilines is 1. The summed E-state index contributed by atoms with van der Waals surface area (Å²) >= 11 is 0. The number of hydrogen-bond donors (Lipinski definition) is 3. The van der Waals surface area contributed by atoms with E-state index in [2.05, 4.69) is 20.9 Å². The Hall–Kier alpha value is -3.09. The number of nitrogens with zero attached hydrogens (tertiary/aromatic N) is 1. The number of aliphatic imine (C=N–C) groups is 1.